The molecule has 2 amide bonds. The van der Waals surface area contributed by atoms with Crippen molar-refractivity contribution >= 4 is 27.5 Å². The Hall–Kier alpha value is -2.87. The molecule has 1 aliphatic heterocycles. The molecule has 0 radical (unpaired) electrons. The highest BCUT2D eigenvalue weighted by molar-refractivity contribution is 7.89. The van der Waals surface area contributed by atoms with Crippen LogP contribution in [0, 0.1) is 6.92 Å². The third-order valence-electron chi connectivity index (χ3n) is 4.40. The zero-order valence-corrected chi connectivity index (χ0v) is 15.8. The normalized spacial score (nSPS) is 17.0. The predicted molar refractivity (Wildman–Crippen MR) is 99.9 cm³/mol. The van der Waals surface area contributed by atoms with Gasteiger partial charge in [0.15, 0.2) is 0 Å². The van der Waals surface area contributed by atoms with E-state index in [1.165, 1.54) is 19.2 Å². The number of benzene rings is 2. The van der Waals surface area contributed by atoms with Gasteiger partial charge in [-0.25, -0.2) is 12.7 Å². The summed E-state index contributed by atoms with van der Waals surface area (Å²) in [5, 5.41) is 2.67. The molecule has 8 heteroatoms. The van der Waals surface area contributed by atoms with Crippen LogP contribution in [0.3, 0.4) is 0 Å². The lowest BCUT2D eigenvalue weighted by Crippen LogP contribution is -2.45. The molecular weight excluding hydrogens is 368 g/mol. The lowest BCUT2D eigenvalue weighted by Gasteiger charge is -2.23. The summed E-state index contributed by atoms with van der Waals surface area (Å²) in [5.41, 5.74) is 1.39. The Bertz CT molecular complexity index is 953. The average Bonchev–Trinajstić information content (AvgIpc) is 3.05. The van der Waals surface area contributed by atoms with Crippen LogP contribution in [-0.2, 0) is 19.6 Å². The number of sulfonamides is 1. The van der Waals surface area contributed by atoms with Crippen LogP contribution < -0.4 is 10.1 Å². The molecular formula is C19H20N2O5S. The van der Waals surface area contributed by atoms with Gasteiger partial charge in [0.2, 0.25) is 11.8 Å². The summed E-state index contributed by atoms with van der Waals surface area (Å²) in [6.07, 6.45) is 0.150. The van der Waals surface area contributed by atoms with Crippen LogP contribution in [0.25, 0.3) is 0 Å². The largest absolute Gasteiger partial charge is 0.497 e. The minimum Gasteiger partial charge on any atom is -0.497 e. The van der Waals surface area contributed by atoms with E-state index in [0.717, 1.165) is 5.56 Å². The van der Waals surface area contributed by atoms with Crippen molar-refractivity contribution in [2.45, 2.75) is 30.7 Å². The van der Waals surface area contributed by atoms with E-state index in [-0.39, 0.29) is 17.7 Å². The molecule has 27 heavy (non-hydrogen) atoms. The zero-order chi connectivity index (χ0) is 19.6. The Balaban J connectivity index is 1.84. The molecule has 0 aliphatic carbocycles. The van der Waals surface area contributed by atoms with Gasteiger partial charge in [-0.15, -0.1) is 0 Å². The Morgan fingerprint density at radius 1 is 1.11 bits per heavy atom. The number of hydrogen-bond donors (Lipinski definition) is 1. The molecule has 0 spiro atoms. The van der Waals surface area contributed by atoms with Crippen molar-refractivity contribution in [2.75, 3.05) is 12.4 Å². The number of nitrogens with one attached hydrogen (secondary N) is 1. The van der Waals surface area contributed by atoms with Crippen molar-refractivity contribution in [3.63, 3.8) is 0 Å². The van der Waals surface area contributed by atoms with Crippen molar-refractivity contribution in [2.24, 2.45) is 0 Å². The standard InChI is InChI=1S/C19H20N2O5S/c1-13-3-9-16(10-4-13)27(24,25)21-17(11-12-18(21)22)19(23)20-14-5-7-15(26-2)8-6-14/h3-10,17H,11-12H2,1-2H3,(H,20,23)/t17-/m0/s1. The minimum atomic E-state index is -4.10. The number of ether oxygens (including phenoxy) is 1. The van der Waals surface area contributed by atoms with E-state index in [2.05, 4.69) is 5.32 Å². The molecule has 1 saturated heterocycles. The summed E-state index contributed by atoms with van der Waals surface area (Å²) in [6.45, 7) is 1.84. The summed E-state index contributed by atoms with van der Waals surface area (Å²) in [7, 11) is -2.57. The predicted octanol–water partition coefficient (Wildman–Crippen LogP) is 2.32. The first-order valence-corrected chi connectivity index (χ1v) is 9.86. The van der Waals surface area contributed by atoms with Crippen LogP contribution in [0.4, 0.5) is 5.69 Å². The van der Waals surface area contributed by atoms with Crippen LogP contribution in [0.15, 0.2) is 53.4 Å². The van der Waals surface area contributed by atoms with Gasteiger partial charge in [-0.2, -0.15) is 0 Å². The number of carbonyl (C=O) groups is 2. The van der Waals surface area contributed by atoms with Gasteiger partial charge in [0.05, 0.1) is 12.0 Å². The highest BCUT2D eigenvalue weighted by Crippen LogP contribution is 2.28. The Labute approximate surface area is 158 Å². The second kappa shape index (κ2) is 7.40. The van der Waals surface area contributed by atoms with Crippen molar-refractivity contribution in [3.05, 3.63) is 54.1 Å². The van der Waals surface area contributed by atoms with Crippen molar-refractivity contribution < 1.29 is 22.7 Å². The molecule has 142 valence electrons. The van der Waals surface area contributed by atoms with Gasteiger partial charge in [0.25, 0.3) is 10.0 Å². The lowest BCUT2D eigenvalue weighted by molar-refractivity contribution is -0.128. The van der Waals surface area contributed by atoms with Crippen LogP contribution in [0.1, 0.15) is 18.4 Å². The quantitative estimate of drug-likeness (QED) is 0.849. The molecule has 1 atom stereocenters. The third kappa shape index (κ3) is 3.80. The third-order valence-corrected chi connectivity index (χ3v) is 6.24. The smallest absolute Gasteiger partial charge is 0.267 e. The number of nitrogens with zero attached hydrogens (tertiary/aromatic N) is 1. The fraction of sp³-hybridized carbons (Fsp3) is 0.263. The number of carbonyl (C=O) groups excluding carboxylic acids is 2. The Morgan fingerprint density at radius 3 is 2.33 bits per heavy atom. The molecule has 1 N–H and O–H groups in total. The van der Waals surface area contributed by atoms with E-state index < -0.39 is 27.9 Å². The van der Waals surface area contributed by atoms with E-state index >= 15 is 0 Å². The molecule has 0 aromatic heterocycles. The summed E-state index contributed by atoms with van der Waals surface area (Å²) in [6, 6.07) is 11.7. The van der Waals surface area contributed by atoms with Gasteiger partial charge in [-0.1, -0.05) is 17.7 Å². The summed E-state index contributed by atoms with van der Waals surface area (Å²) >= 11 is 0. The summed E-state index contributed by atoms with van der Waals surface area (Å²) < 4.78 is 31.6. The molecule has 1 heterocycles. The minimum absolute atomic E-state index is 0.00574. The fourth-order valence-electron chi connectivity index (χ4n) is 2.92. The topological polar surface area (TPSA) is 92.8 Å². The summed E-state index contributed by atoms with van der Waals surface area (Å²) in [5.74, 6) is -0.486. The summed E-state index contributed by atoms with van der Waals surface area (Å²) in [4.78, 5) is 24.9. The monoisotopic (exact) mass is 388 g/mol. The van der Waals surface area contributed by atoms with Gasteiger partial charge in [-0.3, -0.25) is 9.59 Å². The average molecular weight is 388 g/mol. The van der Waals surface area contributed by atoms with Crippen molar-refractivity contribution in [3.8, 4) is 5.75 Å². The van der Waals surface area contributed by atoms with Gasteiger partial charge in [-0.05, 0) is 49.7 Å². The maximum Gasteiger partial charge on any atom is 0.267 e. The van der Waals surface area contributed by atoms with Gasteiger partial charge >= 0.3 is 0 Å². The fourth-order valence-corrected chi connectivity index (χ4v) is 4.53. The second-order valence-corrected chi connectivity index (χ2v) is 8.09. The molecule has 2 aromatic rings. The zero-order valence-electron chi connectivity index (χ0n) is 15.0. The highest BCUT2D eigenvalue weighted by Gasteiger charge is 2.44. The molecule has 1 fully saturated rings. The first-order chi connectivity index (χ1) is 12.8. The second-order valence-electron chi connectivity index (χ2n) is 6.28. The molecule has 2 aromatic carbocycles. The molecule has 7 nitrogen and oxygen atoms in total. The SMILES string of the molecule is COc1ccc(NC(=O)[C@@H]2CCC(=O)N2S(=O)(=O)c2ccc(C)cc2)cc1. The number of hydrogen-bond acceptors (Lipinski definition) is 5. The van der Waals surface area contributed by atoms with E-state index in [9.17, 15) is 18.0 Å². The van der Waals surface area contributed by atoms with Gasteiger partial charge in [0.1, 0.15) is 11.8 Å². The molecule has 0 saturated carbocycles. The van der Waals surface area contributed by atoms with E-state index in [4.69, 9.17) is 4.74 Å². The molecule has 3 rings (SSSR count). The van der Waals surface area contributed by atoms with E-state index in [1.54, 1.807) is 36.4 Å². The molecule has 1 aliphatic rings. The molecule has 0 bridgehead atoms. The van der Waals surface area contributed by atoms with Crippen LogP contribution in [-0.4, -0.2) is 37.7 Å². The number of amides is 2. The van der Waals surface area contributed by atoms with Crippen LogP contribution >= 0.6 is 0 Å². The number of methoxy groups -OCH3 is 1. The van der Waals surface area contributed by atoms with Gasteiger partial charge < -0.3 is 10.1 Å². The van der Waals surface area contributed by atoms with E-state index in [1.807, 2.05) is 6.92 Å². The first kappa shape index (κ1) is 18.9. The maximum absolute atomic E-state index is 12.9. The molecule has 0 unspecified atom stereocenters. The lowest BCUT2D eigenvalue weighted by atomic mass is 10.2. The van der Waals surface area contributed by atoms with Crippen LogP contribution in [0.2, 0.25) is 0 Å². The Morgan fingerprint density at radius 2 is 1.74 bits per heavy atom. The number of aryl methyl sites for hydroxylation is 1. The maximum atomic E-state index is 12.9. The Kier molecular flexibility index (Phi) is 5.18. The van der Waals surface area contributed by atoms with Crippen molar-refractivity contribution in [1.29, 1.82) is 0 Å². The highest BCUT2D eigenvalue weighted by atomic mass is 32.2. The first-order valence-electron chi connectivity index (χ1n) is 8.42. The number of anilines is 1. The number of rotatable bonds is 5. The van der Waals surface area contributed by atoms with E-state index in [0.29, 0.717) is 15.7 Å². The van der Waals surface area contributed by atoms with Crippen molar-refractivity contribution in [1.82, 2.24) is 4.31 Å². The van der Waals surface area contributed by atoms with Crippen LogP contribution in [0.5, 0.6) is 5.75 Å². The van der Waals surface area contributed by atoms with Gasteiger partial charge in [0, 0.05) is 12.1 Å².